The topological polar surface area (TPSA) is 36.3 Å². The van der Waals surface area contributed by atoms with Crippen molar-refractivity contribution in [3.63, 3.8) is 0 Å². The molecule has 1 rings (SSSR count). The molecular formula is C6H10N2O. The van der Waals surface area contributed by atoms with Crippen molar-refractivity contribution in [2.24, 2.45) is 0 Å². The van der Waals surface area contributed by atoms with Crippen molar-refractivity contribution in [1.82, 2.24) is 4.90 Å². The zero-order valence-electron chi connectivity index (χ0n) is 5.50. The molecule has 0 aromatic heterocycles. The fourth-order valence-corrected chi connectivity index (χ4v) is 0.909. The summed E-state index contributed by atoms with van der Waals surface area (Å²) >= 11 is 0. The maximum Gasteiger partial charge on any atom is 0.179 e. The van der Waals surface area contributed by atoms with Gasteiger partial charge in [0.2, 0.25) is 0 Å². The minimum atomic E-state index is 0.221. The van der Waals surface area contributed by atoms with E-state index in [1.165, 1.54) is 0 Å². The van der Waals surface area contributed by atoms with E-state index in [1.54, 1.807) is 4.90 Å². The van der Waals surface area contributed by atoms with E-state index in [0.717, 1.165) is 13.1 Å². The molecule has 0 aliphatic carbocycles. The third kappa shape index (κ3) is 1.58. The second kappa shape index (κ2) is 2.70. The summed E-state index contributed by atoms with van der Waals surface area (Å²) in [5.41, 5.74) is 0. The molecule has 1 fully saturated rings. The Morgan fingerprint density at radius 3 is 3.00 bits per heavy atom. The van der Waals surface area contributed by atoms with Crippen LogP contribution in [0.4, 0.5) is 0 Å². The average Bonchev–Trinajstić information content (AvgIpc) is 1.88. The van der Waals surface area contributed by atoms with E-state index in [9.17, 15) is 0 Å². The van der Waals surface area contributed by atoms with E-state index in [2.05, 4.69) is 6.19 Å². The van der Waals surface area contributed by atoms with Gasteiger partial charge in [-0.25, -0.2) is 0 Å². The lowest BCUT2D eigenvalue weighted by Gasteiger charge is -2.26. The fourth-order valence-electron chi connectivity index (χ4n) is 0.909. The highest BCUT2D eigenvalue weighted by molar-refractivity contribution is 4.78. The number of nitrogens with zero attached hydrogens (tertiary/aromatic N) is 2. The van der Waals surface area contributed by atoms with Gasteiger partial charge in [-0.15, -0.1) is 0 Å². The number of morpholine rings is 1. The van der Waals surface area contributed by atoms with Gasteiger partial charge >= 0.3 is 0 Å². The van der Waals surface area contributed by atoms with Gasteiger partial charge in [0, 0.05) is 0 Å². The molecule has 50 valence electrons. The molecule has 0 N–H and O–H groups in total. The first-order valence-corrected chi connectivity index (χ1v) is 3.09. The summed E-state index contributed by atoms with van der Waals surface area (Å²) in [4.78, 5) is 1.72. The highest BCUT2D eigenvalue weighted by Crippen LogP contribution is 2.01. The van der Waals surface area contributed by atoms with E-state index < -0.39 is 0 Å². The largest absolute Gasteiger partial charge is 0.375 e. The second-order valence-electron chi connectivity index (χ2n) is 2.23. The van der Waals surface area contributed by atoms with Crippen LogP contribution in [0.5, 0.6) is 0 Å². The zero-order chi connectivity index (χ0) is 6.69. The van der Waals surface area contributed by atoms with Crippen molar-refractivity contribution in [3.05, 3.63) is 0 Å². The van der Waals surface area contributed by atoms with Crippen LogP contribution < -0.4 is 0 Å². The Labute approximate surface area is 54.8 Å². The van der Waals surface area contributed by atoms with Crippen molar-refractivity contribution < 1.29 is 4.74 Å². The van der Waals surface area contributed by atoms with Crippen LogP contribution in [0.15, 0.2) is 0 Å². The fraction of sp³-hybridized carbons (Fsp3) is 0.833. The van der Waals surface area contributed by atoms with Crippen molar-refractivity contribution >= 4 is 0 Å². The van der Waals surface area contributed by atoms with Gasteiger partial charge in [-0.2, -0.15) is 5.26 Å². The summed E-state index contributed by atoms with van der Waals surface area (Å²) < 4.78 is 5.22. The summed E-state index contributed by atoms with van der Waals surface area (Å²) in [5.74, 6) is 0. The quantitative estimate of drug-likeness (QED) is 0.435. The molecule has 0 aromatic rings. The molecule has 0 spiro atoms. The predicted octanol–water partition coefficient (Wildman–Crippen LogP) is 0.188. The molecule has 1 saturated heterocycles. The van der Waals surface area contributed by atoms with Gasteiger partial charge in [-0.05, 0) is 6.92 Å². The Morgan fingerprint density at radius 2 is 2.56 bits per heavy atom. The highest BCUT2D eigenvalue weighted by Gasteiger charge is 2.13. The van der Waals surface area contributed by atoms with Crippen molar-refractivity contribution in [1.29, 1.82) is 5.26 Å². The Balaban J connectivity index is 2.34. The van der Waals surface area contributed by atoms with Crippen LogP contribution >= 0.6 is 0 Å². The van der Waals surface area contributed by atoms with Crippen LogP contribution in [-0.4, -0.2) is 30.7 Å². The molecule has 1 aliphatic rings. The van der Waals surface area contributed by atoms with Gasteiger partial charge in [0.25, 0.3) is 0 Å². The first kappa shape index (κ1) is 6.37. The summed E-state index contributed by atoms with van der Waals surface area (Å²) in [7, 11) is 0. The van der Waals surface area contributed by atoms with Gasteiger partial charge in [0.05, 0.1) is 25.8 Å². The normalized spacial score (nSPS) is 27.6. The van der Waals surface area contributed by atoms with E-state index in [0.29, 0.717) is 6.61 Å². The molecule has 0 radical (unpaired) electrons. The predicted molar refractivity (Wildman–Crippen MR) is 32.6 cm³/mol. The third-order valence-corrected chi connectivity index (χ3v) is 1.38. The van der Waals surface area contributed by atoms with Gasteiger partial charge in [0.1, 0.15) is 0 Å². The van der Waals surface area contributed by atoms with E-state index in [-0.39, 0.29) is 6.10 Å². The summed E-state index contributed by atoms with van der Waals surface area (Å²) in [5, 5.41) is 8.43. The molecule has 3 heteroatoms. The van der Waals surface area contributed by atoms with Crippen LogP contribution in [0.3, 0.4) is 0 Å². The second-order valence-corrected chi connectivity index (χ2v) is 2.23. The van der Waals surface area contributed by atoms with E-state index >= 15 is 0 Å². The summed E-state index contributed by atoms with van der Waals surface area (Å²) in [6.07, 6.45) is 2.31. The molecule has 0 unspecified atom stereocenters. The van der Waals surface area contributed by atoms with Crippen molar-refractivity contribution in [2.45, 2.75) is 13.0 Å². The molecule has 9 heavy (non-hydrogen) atoms. The smallest absolute Gasteiger partial charge is 0.179 e. The van der Waals surface area contributed by atoms with Crippen molar-refractivity contribution in [2.75, 3.05) is 19.7 Å². The highest BCUT2D eigenvalue weighted by atomic mass is 16.5. The Bertz CT molecular complexity index is 130. The number of ether oxygens (including phenoxy) is 1. The van der Waals surface area contributed by atoms with E-state index in [4.69, 9.17) is 10.00 Å². The van der Waals surface area contributed by atoms with Gasteiger partial charge in [-0.1, -0.05) is 0 Å². The number of rotatable bonds is 0. The van der Waals surface area contributed by atoms with Gasteiger partial charge in [-0.3, -0.25) is 0 Å². The molecule has 0 amide bonds. The maximum atomic E-state index is 8.43. The SMILES string of the molecule is C[C@H]1CN(C#N)CCO1. The van der Waals surface area contributed by atoms with Crippen LogP contribution in [0, 0.1) is 11.5 Å². The first-order valence-electron chi connectivity index (χ1n) is 3.09. The lowest BCUT2D eigenvalue weighted by molar-refractivity contribution is 0.00151. The number of hydrogen-bond donors (Lipinski definition) is 0. The molecule has 0 bridgehead atoms. The van der Waals surface area contributed by atoms with Gasteiger partial charge in [0.15, 0.2) is 6.19 Å². The minimum absolute atomic E-state index is 0.221. The van der Waals surface area contributed by atoms with Crippen LogP contribution in [0.2, 0.25) is 0 Å². The average molecular weight is 126 g/mol. The van der Waals surface area contributed by atoms with E-state index in [1.807, 2.05) is 6.92 Å². The standard InChI is InChI=1S/C6H10N2O/c1-6-4-8(5-7)2-3-9-6/h6H,2-4H2,1H3/t6-/m0/s1. The molecular weight excluding hydrogens is 116 g/mol. The lowest BCUT2D eigenvalue weighted by Crippen LogP contribution is -2.37. The molecule has 1 aliphatic heterocycles. The van der Waals surface area contributed by atoms with Crippen LogP contribution in [-0.2, 0) is 4.74 Å². The van der Waals surface area contributed by atoms with Gasteiger partial charge < -0.3 is 9.64 Å². The molecule has 0 aromatic carbocycles. The van der Waals surface area contributed by atoms with Crippen molar-refractivity contribution in [3.8, 4) is 6.19 Å². The van der Waals surface area contributed by atoms with Crippen LogP contribution in [0.25, 0.3) is 0 Å². The minimum Gasteiger partial charge on any atom is -0.375 e. The number of nitriles is 1. The zero-order valence-corrected chi connectivity index (χ0v) is 5.50. The lowest BCUT2D eigenvalue weighted by atomic mass is 10.3. The molecule has 0 saturated carbocycles. The van der Waals surface area contributed by atoms with Crippen LogP contribution in [0.1, 0.15) is 6.92 Å². The Morgan fingerprint density at radius 1 is 1.78 bits per heavy atom. The Kier molecular flexibility index (Phi) is 1.91. The monoisotopic (exact) mass is 126 g/mol. The molecule has 1 atom stereocenters. The molecule has 1 heterocycles. The third-order valence-electron chi connectivity index (χ3n) is 1.38. The molecule has 3 nitrogen and oxygen atoms in total. The summed E-state index contributed by atoms with van der Waals surface area (Å²) in [6, 6.07) is 0. The number of hydrogen-bond acceptors (Lipinski definition) is 3. The Hall–Kier alpha value is -0.750. The summed E-state index contributed by atoms with van der Waals surface area (Å²) in [6.45, 7) is 4.16. The maximum absolute atomic E-state index is 8.43. The first-order chi connectivity index (χ1) is 4.33.